The summed E-state index contributed by atoms with van der Waals surface area (Å²) in [7, 11) is 0. The third-order valence-corrected chi connectivity index (χ3v) is 12.9. The van der Waals surface area contributed by atoms with Crippen LogP contribution in [0.25, 0.3) is 6.08 Å². The Labute approximate surface area is 330 Å². The summed E-state index contributed by atoms with van der Waals surface area (Å²) in [4.78, 5) is 55.5. The summed E-state index contributed by atoms with van der Waals surface area (Å²) >= 11 is 0. The molecule has 3 saturated heterocycles. The molecule has 1 unspecified atom stereocenters. The third kappa shape index (κ3) is 8.78. The lowest BCUT2D eigenvalue weighted by molar-refractivity contribution is -0.155. The zero-order valence-electron chi connectivity index (χ0n) is 33.8. The number of carbonyl (C=O) groups is 4. The Morgan fingerprint density at radius 3 is 2.62 bits per heavy atom. The number of hydrogen-bond donors (Lipinski definition) is 2. The number of fused-ring (bicyclic) bond motifs is 3. The molecule has 1 aromatic carbocycles. The fourth-order valence-electron chi connectivity index (χ4n) is 9.79. The molecule has 5 fully saturated rings. The molecule has 0 aromatic heterocycles. The van der Waals surface area contributed by atoms with Crippen LogP contribution in [0.4, 0.5) is 0 Å². The molecule has 12 heteroatoms. The summed E-state index contributed by atoms with van der Waals surface area (Å²) in [5, 5.41) is 12.8. The number of aliphatic hydroxyl groups is 1. The largest absolute Gasteiger partial charge is 0.460 e. The van der Waals surface area contributed by atoms with Crippen LogP contribution in [-0.2, 0) is 38.1 Å². The predicted octanol–water partition coefficient (Wildman–Crippen LogP) is 5.65. The first kappa shape index (κ1) is 40.6. The lowest BCUT2D eigenvalue weighted by atomic mass is 9.52. The predicted molar refractivity (Wildman–Crippen MR) is 207 cm³/mol. The second-order valence-electron chi connectivity index (χ2n) is 18.6. The Balaban J connectivity index is 1.03. The van der Waals surface area contributed by atoms with E-state index in [2.05, 4.69) is 32.2 Å². The number of ether oxygens (including phenoxy) is 5. The minimum absolute atomic E-state index is 0.00723. The SMILES string of the molecule is CC(C)(C)OC(=O)CC[C@@H](CO)NC(=O)[C@H]1CCCN1C(=O)C1=C[C@H]2OCO[C@H]2[C@H](OC(=O)c2ccccc2C=C2CCC3O[C@]3(C)CC[C@@H]3[C@@H]2CC3(C)C)C1. The number of nitrogens with one attached hydrogen (secondary N) is 1. The first-order valence-electron chi connectivity index (χ1n) is 20.6. The maximum atomic E-state index is 14.1. The van der Waals surface area contributed by atoms with E-state index >= 15 is 0 Å². The van der Waals surface area contributed by atoms with Gasteiger partial charge in [0, 0.05) is 25.0 Å². The number of esters is 2. The number of benzene rings is 1. The van der Waals surface area contributed by atoms with E-state index < -0.39 is 53.8 Å². The Hall–Kier alpha value is -3.58. The van der Waals surface area contributed by atoms with Gasteiger partial charge in [0.15, 0.2) is 0 Å². The monoisotopic (exact) mass is 776 g/mol. The maximum Gasteiger partial charge on any atom is 0.339 e. The van der Waals surface area contributed by atoms with Crippen LogP contribution in [0.15, 0.2) is 41.5 Å². The molecule has 0 bridgehead atoms. The van der Waals surface area contributed by atoms with Gasteiger partial charge in [0.25, 0.3) is 0 Å². The van der Waals surface area contributed by atoms with Gasteiger partial charge in [-0.25, -0.2) is 4.79 Å². The van der Waals surface area contributed by atoms with Crippen molar-refractivity contribution in [2.24, 2.45) is 17.3 Å². The first-order valence-corrected chi connectivity index (χ1v) is 20.6. The van der Waals surface area contributed by atoms with Crippen molar-refractivity contribution >= 4 is 29.8 Å². The van der Waals surface area contributed by atoms with E-state index in [1.807, 2.05) is 18.2 Å². The van der Waals surface area contributed by atoms with Crippen molar-refractivity contribution in [3.63, 3.8) is 0 Å². The Morgan fingerprint density at radius 2 is 1.88 bits per heavy atom. The van der Waals surface area contributed by atoms with Crippen LogP contribution in [0.2, 0.25) is 0 Å². The second kappa shape index (κ2) is 16.0. The van der Waals surface area contributed by atoms with Crippen molar-refractivity contribution in [1.82, 2.24) is 10.2 Å². The maximum absolute atomic E-state index is 14.1. The number of epoxide rings is 1. The molecule has 2 saturated carbocycles. The number of carbonyl (C=O) groups excluding carboxylic acids is 4. The van der Waals surface area contributed by atoms with E-state index in [9.17, 15) is 24.3 Å². The lowest BCUT2D eigenvalue weighted by Crippen LogP contribution is -2.51. The van der Waals surface area contributed by atoms with E-state index in [1.54, 1.807) is 37.8 Å². The van der Waals surface area contributed by atoms with E-state index in [0.717, 1.165) is 37.7 Å². The van der Waals surface area contributed by atoms with Crippen LogP contribution in [0.3, 0.4) is 0 Å². The summed E-state index contributed by atoms with van der Waals surface area (Å²) in [6.07, 6.45) is 8.93. The highest BCUT2D eigenvalue weighted by Crippen LogP contribution is 2.59. The number of nitrogens with zero attached hydrogens (tertiary/aromatic N) is 1. The van der Waals surface area contributed by atoms with Gasteiger partial charge in [-0.15, -0.1) is 0 Å². The molecule has 2 N–H and O–H groups in total. The summed E-state index contributed by atoms with van der Waals surface area (Å²) in [6.45, 7) is 12.3. The van der Waals surface area contributed by atoms with Crippen LogP contribution >= 0.6 is 0 Å². The number of aliphatic hydroxyl groups excluding tert-OH is 1. The van der Waals surface area contributed by atoms with Crippen molar-refractivity contribution in [1.29, 1.82) is 0 Å². The number of rotatable bonds is 10. The van der Waals surface area contributed by atoms with E-state index in [0.29, 0.717) is 42.4 Å². The van der Waals surface area contributed by atoms with Gasteiger partial charge in [-0.1, -0.05) is 43.7 Å². The Bertz CT molecular complexity index is 1750. The quantitative estimate of drug-likeness (QED) is 0.225. The third-order valence-electron chi connectivity index (χ3n) is 12.9. The van der Waals surface area contributed by atoms with Crippen LogP contribution in [0.5, 0.6) is 0 Å². The molecule has 2 amide bonds. The van der Waals surface area contributed by atoms with Crippen molar-refractivity contribution in [3.05, 3.63) is 52.6 Å². The van der Waals surface area contributed by atoms with Crippen molar-refractivity contribution in [2.45, 2.75) is 153 Å². The van der Waals surface area contributed by atoms with Crippen LogP contribution in [0, 0.1) is 17.3 Å². The summed E-state index contributed by atoms with van der Waals surface area (Å²) in [5.74, 6) is -0.585. The highest BCUT2D eigenvalue weighted by atomic mass is 16.7. The summed E-state index contributed by atoms with van der Waals surface area (Å²) in [6, 6.07) is 6.12. The smallest absolute Gasteiger partial charge is 0.339 e. The number of amides is 2. The van der Waals surface area contributed by atoms with E-state index in [-0.39, 0.29) is 55.7 Å². The lowest BCUT2D eigenvalue weighted by Gasteiger charge is -2.53. The fourth-order valence-corrected chi connectivity index (χ4v) is 9.79. The Morgan fingerprint density at radius 1 is 1.09 bits per heavy atom. The fraction of sp³-hybridized carbons (Fsp3) is 0.682. The molecule has 3 aliphatic heterocycles. The molecule has 3 aliphatic carbocycles. The van der Waals surface area contributed by atoms with Gasteiger partial charge in [-0.2, -0.15) is 0 Å². The molecular weight excluding hydrogens is 716 g/mol. The van der Waals surface area contributed by atoms with Gasteiger partial charge in [0.1, 0.15) is 36.7 Å². The minimum atomic E-state index is -0.785. The van der Waals surface area contributed by atoms with Gasteiger partial charge in [-0.3, -0.25) is 14.4 Å². The van der Waals surface area contributed by atoms with Crippen LogP contribution in [0.1, 0.15) is 122 Å². The molecule has 3 heterocycles. The molecule has 9 atom stereocenters. The van der Waals surface area contributed by atoms with Crippen LogP contribution < -0.4 is 5.32 Å². The molecule has 0 radical (unpaired) electrons. The van der Waals surface area contributed by atoms with Gasteiger partial charge in [-0.05, 0) is 114 Å². The minimum Gasteiger partial charge on any atom is -0.460 e. The van der Waals surface area contributed by atoms with E-state index in [1.165, 1.54) is 5.57 Å². The molecule has 12 nitrogen and oxygen atoms in total. The molecule has 6 aliphatic rings. The highest BCUT2D eigenvalue weighted by Gasteiger charge is 2.56. The van der Waals surface area contributed by atoms with Gasteiger partial charge >= 0.3 is 11.9 Å². The first-order chi connectivity index (χ1) is 26.5. The molecule has 56 heavy (non-hydrogen) atoms. The number of allylic oxidation sites excluding steroid dienone is 1. The number of likely N-dealkylation sites (tertiary alicyclic amines) is 1. The zero-order valence-corrected chi connectivity index (χ0v) is 33.8. The summed E-state index contributed by atoms with van der Waals surface area (Å²) < 4.78 is 29.5. The van der Waals surface area contributed by atoms with Gasteiger partial charge < -0.3 is 39.0 Å². The van der Waals surface area contributed by atoms with Gasteiger partial charge in [0.2, 0.25) is 11.8 Å². The molecular formula is C44H60N2O10. The zero-order chi connectivity index (χ0) is 40.0. The molecule has 1 aromatic rings. The molecule has 0 spiro atoms. The number of hydrogen-bond acceptors (Lipinski definition) is 10. The molecule has 306 valence electrons. The van der Waals surface area contributed by atoms with Crippen molar-refractivity contribution in [3.8, 4) is 0 Å². The van der Waals surface area contributed by atoms with Crippen molar-refractivity contribution in [2.75, 3.05) is 19.9 Å². The Kier molecular flexibility index (Phi) is 11.6. The topological polar surface area (TPSA) is 153 Å². The molecule has 7 rings (SSSR count). The van der Waals surface area contributed by atoms with Gasteiger partial charge in [0.05, 0.1) is 29.9 Å². The standard InChI is InChI=1S/C44H60N2O10/c1-42(2,3)56-37(48)16-14-29(24-47)45-39(49)33-12-9-19-46(33)40(50)28-21-34-38(53-25-52-34)35(22-28)54-41(51)30-11-8-7-10-26(30)20-27-13-15-36-44(6,55-36)18-17-32-31(27)23-43(32,4)5/h7-8,10-11,20-21,29,31-36,38,47H,9,12-19,22-25H2,1-6H3,(H,45,49)/t29-,31+,32+,33+,34+,35+,36?,38+,44+/m0/s1. The normalized spacial score (nSPS) is 33.3. The van der Waals surface area contributed by atoms with E-state index in [4.69, 9.17) is 23.7 Å². The average Bonchev–Trinajstić information content (AvgIpc) is 3.49. The summed E-state index contributed by atoms with van der Waals surface area (Å²) in [5.41, 5.74) is 2.66. The average molecular weight is 777 g/mol. The second-order valence-corrected chi connectivity index (χ2v) is 18.6. The van der Waals surface area contributed by atoms with Crippen molar-refractivity contribution < 1.29 is 48.0 Å². The van der Waals surface area contributed by atoms with Crippen LogP contribution in [-0.4, -0.2) is 101 Å². The highest BCUT2D eigenvalue weighted by molar-refractivity contribution is 5.98.